The molecule has 1 saturated heterocycles. The van der Waals surface area contributed by atoms with Gasteiger partial charge < -0.3 is 10.6 Å². The minimum absolute atomic E-state index is 0.0742. The van der Waals surface area contributed by atoms with Gasteiger partial charge >= 0.3 is 0 Å². The molecule has 3 nitrogen and oxygen atoms in total. The quantitative estimate of drug-likeness (QED) is 0.807. The highest BCUT2D eigenvalue weighted by Crippen LogP contribution is 2.29. The molecule has 1 saturated carbocycles. The van der Waals surface area contributed by atoms with E-state index in [1.165, 1.54) is 44.9 Å². The van der Waals surface area contributed by atoms with Crippen LogP contribution in [0.1, 0.15) is 58.3 Å². The summed E-state index contributed by atoms with van der Waals surface area (Å²) in [4.78, 5) is 11.9. The molecule has 0 aromatic rings. The van der Waals surface area contributed by atoms with Gasteiger partial charge in [0.1, 0.15) is 0 Å². The van der Waals surface area contributed by atoms with Gasteiger partial charge in [0.25, 0.3) is 0 Å². The van der Waals surface area contributed by atoms with Gasteiger partial charge in [-0.05, 0) is 37.6 Å². The first-order chi connectivity index (χ1) is 8.75. The highest BCUT2D eigenvalue weighted by atomic mass is 16.2. The van der Waals surface area contributed by atoms with E-state index in [0.29, 0.717) is 0 Å². The number of carbonyl (C=O) groups excluding carboxylic acids is 1. The van der Waals surface area contributed by atoms with Crippen molar-refractivity contribution in [2.75, 3.05) is 13.1 Å². The Bertz CT molecular complexity index is 253. The van der Waals surface area contributed by atoms with E-state index >= 15 is 0 Å². The van der Waals surface area contributed by atoms with Gasteiger partial charge in [-0.2, -0.15) is 0 Å². The van der Waals surface area contributed by atoms with Crippen LogP contribution in [0.5, 0.6) is 0 Å². The lowest BCUT2D eigenvalue weighted by Crippen LogP contribution is -2.47. The molecule has 2 N–H and O–H groups in total. The number of piperidine rings is 1. The van der Waals surface area contributed by atoms with Gasteiger partial charge in [-0.3, -0.25) is 4.79 Å². The van der Waals surface area contributed by atoms with Crippen molar-refractivity contribution >= 4 is 5.91 Å². The Kier molecular flexibility index (Phi) is 5.48. The van der Waals surface area contributed by atoms with Crippen molar-refractivity contribution < 1.29 is 4.79 Å². The lowest BCUT2D eigenvalue weighted by Gasteiger charge is -2.27. The number of hydrogen-bond donors (Lipinski definition) is 2. The van der Waals surface area contributed by atoms with E-state index in [1.54, 1.807) is 0 Å². The van der Waals surface area contributed by atoms with Crippen molar-refractivity contribution in [1.29, 1.82) is 0 Å². The third kappa shape index (κ3) is 4.27. The van der Waals surface area contributed by atoms with Crippen LogP contribution in [0.2, 0.25) is 0 Å². The molecular weight excluding hydrogens is 224 g/mol. The van der Waals surface area contributed by atoms with Crippen LogP contribution in [0.15, 0.2) is 0 Å². The van der Waals surface area contributed by atoms with Crippen LogP contribution < -0.4 is 10.6 Å². The smallest absolute Gasteiger partial charge is 0.237 e. The van der Waals surface area contributed by atoms with Crippen molar-refractivity contribution in [3.05, 3.63) is 0 Å². The van der Waals surface area contributed by atoms with Crippen LogP contribution in [-0.4, -0.2) is 25.0 Å². The summed E-state index contributed by atoms with van der Waals surface area (Å²) < 4.78 is 0. The summed E-state index contributed by atoms with van der Waals surface area (Å²) >= 11 is 0. The number of nitrogens with one attached hydrogen (secondary N) is 2. The molecule has 1 amide bonds. The Hall–Kier alpha value is -0.570. The number of rotatable bonds is 4. The van der Waals surface area contributed by atoms with Gasteiger partial charge in [0.15, 0.2) is 0 Å². The van der Waals surface area contributed by atoms with Crippen LogP contribution >= 0.6 is 0 Å². The summed E-state index contributed by atoms with van der Waals surface area (Å²) in [5, 5.41) is 6.41. The third-order valence-electron chi connectivity index (χ3n) is 4.61. The lowest BCUT2D eigenvalue weighted by atomic mass is 9.81. The molecule has 0 aromatic heterocycles. The number of amides is 1. The molecule has 2 rings (SSSR count). The maximum atomic E-state index is 11.9. The molecule has 2 fully saturated rings. The molecule has 0 spiro atoms. The van der Waals surface area contributed by atoms with Crippen molar-refractivity contribution in [3.63, 3.8) is 0 Å². The zero-order valence-electron chi connectivity index (χ0n) is 11.7. The van der Waals surface area contributed by atoms with Crippen molar-refractivity contribution in [2.45, 2.75) is 64.3 Å². The van der Waals surface area contributed by atoms with E-state index in [2.05, 4.69) is 17.6 Å². The largest absolute Gasteiger partial charge is 0.355 e. The van der Waals surface area contributed by atoms with Crippen molar-refractivity contribution in [2.24, 2.45) is 11.8 Å². The van der Waals surface area contributed by atoms with Crippen LogP contribution in [-0.2, 0) is 4.79 Å². The highest BCUT2D eigenvalue weighted by Gasteiger charge is 2.21. The fraction of sp³-hybridized carbons (Fsp3) is 0.933. The van der Waals surface area contributed by atoms with Gasteiger partial charge in [0.2, 0.25) is 5.91 Å². The Morgan fingerprint density at radius 3 is 2.61 bits per heavy atom. The van der Waals surface area contributed by atoms with Crippen molar-refractivity contribution in [3.8, 4) is 0 Å². The van der Waals surface area contributed by atoms with Gasteiger partial charge in [-0.1, -0.05) is 39.0 Å². The van der Waals surface area contributed by atoms with E-state index in [-0.39, 0.29) is 11.9 Å². The van der Waals surface area contributed by atoms with Crippen LogP contribution in [0.25, 0.3) is 0 Å². The first-order valence-electron chi connectivity index (χ1n) is 7.77. The minimum Gasteiger partial charge on any atom is -0.355 e. The summed E-state index contributed by atoms with van der Waals surface area (Å²) in [6.07, 6.45) is 10.1. The Balaban J connectivity index is 1.58. The maximum absolute atomic E-state index is 11.9. The predicted octanol–water partition coefficient (Wildman–Crippen LogP) is 2.46. The average molecular weight is 252 g/mol. The number of hydrogen-bond acceptors (Lipinski definition) is 2. The monoisotopic (exact) mass is 252 g/mol. The van der Waals surface area contributed by atoms with E-state index in [9.17, 15) is 4.79 Å². The molecule has 0 radical (unpaired) electrons. The Labute approximate surface area is 111 Å². The topological polar surface area (TPSA) is 41.1 Å². The highest BCUT2D eigenvalue weighted by molar-refractivity contribution is 5.81. The second-order valence-electron chi connectivity index (χ2n) is 6.21. The molecule has 1 atom stereocenters. The molecule has 1 aliphatic heterocycles. The molecule has 0 bridgehead atoms. The second kappa shape index (κ2) is 7.13. The minimum atomic E-state index is 0.0742. The molecule has 1 heterocycles. The van der Waals surface area contributed by atoms with Gasteiger partial charge in [0.05, 0.1) is 6.04 Å². The van der Waals surface area contributed by atoms with Gasteiger partial charge in [-0.15, -0.1) is 0 Å². The third-order valence-corrected chi connectivity index (χ3v) is 4.61. The maximum Gasteiger partial charge on any atom is 0.237 e. The molecule has 2 aliphatic rings. The zero-order chi connectivity index (χ0) is 12.8. The second-order valence-corrected chi connectivity index (χ2v) is 6.21. The zero-order valence-corrected chi connectivity index (χ0v) is 11.7. The molecule has 1 aliphatic carbocycles. The van der Waals surface area contributed by atoms with Crippen LogP contribution in [0.4, 0.5) is 0 Å². The molecule has 0 aromatic carbocycles. The van der Waals surface area contributed by atoms with E-state index in [0.717, 1.165) is 31.3 Å². The fourth-order valence-electron chi connectivity index (χ4n) is 3.22. The summed E-state index contributed by atoms with van der Waals surface area (Å²) in [5.74, 6) is 1.99. The summed E-state index contributed by atoms with van der Waals surface area (Å²) in [6, 6.07) is 0.0742. The Morgan fingerprint density at radius 2 is 1.94 bits per heavy atom. The fourth-order valence-corrected chi connectivity index (χ4v) is 3.22. The molecule has 104 valence electrons. The van der Waals surface area contributed by atoms with Crippen LogP contribution in [0.3, 0.4) is 0 Å². The van der Waals surface area contributed by atoms with Crippen molar-refractivity contribution in [1.82, 2.24) is 10.6 Å². The first kappa shape index (κ1) is 13.9. The normalized spacial score (nSPS) is 33.1. The predicted molar refractivity (Wildman–Crippen MR) is 74.4 cm³/mol. The summed E-state index contributed by atoms with van der Waals surface area (Å²) in [7, 11) is 0. The molecular formula is C15H28N2O. The first-order valence-corrected chi connectivity index (χ1v) is 7.77. The van der Waals surface area contributed by atoms with E-state index < -0.39 is 0 Å². The van der Waals surface area contributed by atoms with Gasteiger partial charge in [0, 0.05) is 6.54 Å². The molecule has 0 unspecified atom stereocenters. The van der Waals surface area contributed by atoms with E-state index in [1.807, 2.05) is 0 Å². The standard InChI is InChI=1S/C15H28N2O/c1-12-5-7-13(8-6-12)9-11-17-15(18)14-4-2-3-10-16-14/h12-14,16H,2-11H2,1H3,(H,17,18)/t12?,13?,14-/m1/s1. The summed E-state index contributed by atoms with van der Waals surface area (Å²) in [6.45, 7) is 4.22. The SMILES string of the molecule is CC1CCC(CCNC(=O)[C@H]2CCCCN2)CC1. The molecule has 18 heavy (non-hydrogen) atoms. The van der Waals surface area contributed by atoms with Gasteiger partial charge in [-0.25, -0.2) is 0 Å². The van der Waals surface area contributed by atoms with Crippen LogP contribution in [0, 0.1) is 11.8 Å². The van der Waals surface area contributed by atoms with E-state index in [4.69, 9.17) is 0 Å². The number of carbonyl (C=O) groups is 1. The average Bonchev–Trinajstić information content (AvgIpc) is 2.42. The molecule has 3 heteroatoms. The summed E-state index contributed by atoms with van der Waals surface area (Å²) in [5.41, 5.74) is 0. The lowest BCUT2D eigenvalue weighted by molar-refractivity contribution is -0.123. The Morgan fingerprint density at radius 1 is 1.17 bits per heavy atom.